The van der Waals surface area contributed by atoms with Crippen molar-refractivity contribution in [3.63, 3.8) is 0 Å². The molecule has 0 saturated heterocycles. The van der Waals surface area contributed by atoms with Crippen LogP contribution in [0.25, 0.3) is 0 Å². The predicted octanol–water partition coefficient (Wildman–Crippen LogP) is 7.84. The summed E-state index contributed by atoms with van der Waals surface area (Å²) < 4.78 is 0. The first-order chi connectivity index (χ1) is 11.3. The van der Waals surface area contributed by atoms with Gasteiger partial charge in [0.05, 0.1) is 0 Å². The molecule has 0 aromatic rings. The average Bonchev–Trinajstić information content (AvgIpc) is 2.53. The summed E-state index contributed by atoms with van der Waals surface area (Å²) >= 11 is 0. The van der Waals surface area contributed by atoms with Crippen LogP contribution < -0.4 is 5.32 Å². The molecule has 4 atom stereocenters. The third-order valence-corrected chi connectivity index (χ3v) is 7.62. The van der Waals surface area contributed by atoms with Crippen LogP contribution in [0, 0.1) is 22.7 Å². The van der Waals surface area contributed by atoms with E-state index in [-0.39, 0.29) is 11.1 Å². The zero-order valence-corrected chi connectivity index (χ0v) is 19.9. The number of rotatable bonds is 12. The number of hydrogen-bond donors (Lipinski definition) is 1. The molecular formula is C24H51N. The molecule has 0 rings (SSSR count). The Labute approximate surface area is 161 Å². The first-order valence-corrected chi connectivity index (χ1v) is 11.1. The molecule has 0 saturated carbocycles. The van der Waals surface area contributed by atoms with Crippen molar-refractivity contribution in [1.29, 1.82) is 0 Å². The summed E-state index contributed by atoms with van der Waals surface area (Å²) in [7, 11) is 0. The van der Waals surface area contributed by atoms with Gasteiger partial charge in [-0.3, -0.25) is 0 Å². The smallest absolute Gasteiger partial charge is 0.0160 e. The molecule has 0 aliphatic heterocycles. The quantitative estimate of drug-likeness (QED) is 0.377. The van der Waals surface area contributed by atoms with E-state index in [2.05, 4.69) is 88.4 Å². The van der Waals surface area contributed by atoms with Crippen molar-refractivity contribution in [1.82, 2.24) is 5.32 Å². The molecule has 0 radical (unpaired) electrons. The maximum absolute atomic E-state index is 4.04. The largest absolute Gasteiger partial charge is 0.307 e. The lowest BCUT2D eigenvalue weighted by Gasteiger charge is -2.53. The van der Waals surface area contributed by atoms with Crippen molar-refractivity contribution in [3.8, 4) is 0 Å². The molecule has 4 unspecified atom stereocenters. The van der Waals surface area contributed by atoms with Crippen LogP contribution in [0.1, 0.15) is 122 Å². The molecule has 0 heterocycles. The van der Waals surface area contributed by atoms with Gasteiger partial charge in [0.2, 0.25) is 0 Å². The summed E-state index contributed by atoms with van der Waals surface area (Å²) in [5.41, 5.74) is 1.14. The van der Waals surface area contributed by atoms with Crippen molar-refractivity contribution >= 4 is 0 Å². The molecule has 0 amide bonds. The molecule has 0 aliphatic rings. The Morgan fingerprint density at radius 1 is 0.720 bits per heavy atom. The van der Waals surface area contributed by atoms with Crippen molar-refractivity contribution in [2.75, 3.05) is 0 Å². The topological polar surface area (TPSA) is 12.0 Å². The molecule has 0 aromatic heterocycles. The second-order valence-electron chi connectivity index (χ2n) is 10.7. The third kappa shape index (κ3) is 6.56. The van der Waals surface area contributed by atoms with Crippen LogP contribution >= 0.6 is 0 Å². The van der Waals surface area contributed by atoms with E-state index in [1.165, 1.54) is 38.5 Å². The molecular weight excluding hydrogens is 302 g/mol. The van der Waals surface area contributed by atoms with Gasteiger partial charge in [-0.1, -0.05) is 81.6 Å². The first-order valence-electron chi connectivity index (χ1n) is 11.1. The molecule has 25 heavy (non-hydrogen) atoms. The molecule has 1 nitrogen and oxygen atoms in total. The van der Waals surface area contributed by atoms with Gasteiger partial charge in [-0.05, 0) is 62.7 Å². The zero-order chi connectivity index (χ0) is 20.1. The normalized spacial score (nSPS) is 20.6. The lowest BCUT2D eigenvalue weighted by molar-refractivity contribution is -0.0216. The first kappa shape index (κ1) is 25.0. The van der Waals surface area contributed by atoms with E-state index in [0.717, 1.165) is 11.8 Å². The zero-order valence-electron chi connectivity index (χ0n) is 19.9. The van der Waals surface area contributed by atoms with Crippen LogP contribution in [0.4, 0.5) is 0 Å². The van der Waals surface area contributed by atoms with Gasteiger partial charge >= 0.3 is 0 Å². The highest BCUT2D eigenvalue weighted by molar-refractivity contribution is 5.00. The van der Waals surface area contributed by atoms with Gasteiger partial charge in [0.25, 0.3) is 0 Å². The maximum atomic E-state index is 4.04. The highest BCUT2D eigenvalue weighted by atomic mass is 15.0. The summed E-state index contributed by atoms with van der Waals surface area (Å²) in [4.78, 5) is 0. The van der Waals surface area contributed by atoms with Crippen molar-refractivity contribution < 1.29 is 0 Å². The standard InChI is InChI=1S/C24H51N/c1-13-19(6)20(21(7,8)14-2)23(11,16-4)18-24(12,17-5)25-22(9,10)15-3/h19-20,25H,13-18H2,1-12H3. The van der Waals surface area contributed by atoms with Crippen LogP contribution in [0.15, 0.2) is 0 Å². The highest BCUT2D eigenvalue weighted by Crippen LogP contribution is 2.53. The molecule has 0 fully saturated rings. The van der Waals surface area contributed by atoms with Crippen molar-refractivity contribution in [2.24, 2.45) is 22.7 Å². The Balaban J connectivity index is 5.87. The van der Waals surface area contributed by atoms with Crippen LogP contribution in [-0.2, 0) is 0 Å². The summed E-state index contributed by atoms with van der Waals surface area (Å²) in [6, 6.07) is 0. The van der Waals surface area contributed by atoms with E-state index in [9.17, 15) is 0 Å². The molecule has 1 N–H and O–H groups in total. The van der Waals surface area contributed by atoms with Crippen LogP contribution in [0.5, 0.6) is 0 Å². The second-order valence-corrected chi connectivity index (χ2v) is 10.7. The van der Waals surface area contributed by atoms with E-state index in [4.69, 9.17) is 0 Å². The molecule has 0 aliphatic carbocycles. The monoisotopic (exact) mass is 353 g/mol. The molecule has 152 valence electrons. The Kier molecular flexibility index (Phi) is 9.23. The lowest BCUT2D eigenvalue weighted by atomic mass is 9.54. The summed E-state index contributed by atoms with van der Waals surface area (Å²) in [6.07, 6.45) is 7.41. The minimum atomic E-state index is 0.194. The van der Waals surface area contributed by atoms with Gasteiger partial charge in [-0.15, -0.1) is 0 Å². The third-order valence-electron chi connectivity index (χ3n) is 7.62. The molecule has 0 aromatic carbocycles. The van der Waals surface area contributed by atoms with E-state index in [0.29, 0.717) is 10.8 Å². The molecule has 0 bridgehead atoms. The van der Waals surface area contributed by atoms with Crippen molar-refractivity contribution in [3.05, 3.63) is 0 Å². The Hall–Kier alpha value is -0.0400. The minimum absolute atomic E-state index is 0.194. The van der Waals surface area contributed by atoms with Crippen LogP contribution in [0.3, 0.4) is 0 Å². The average molecular weight is 354 g/mol. The second kappa shape index (κ2) is 9.25. The van der Waals surface area contributed by atoms with Crippen LogP contribution in [0.2, 0.25) is 0 Å². The van der Waals surface area contributed by atoms with Gasteiger partial charge in [0.15, 0.2) is 0 Å². The Bertz CT molecular complexity index is 384. The SMILES string of the molecule is CCC(C)C(C(C)(C)CC)C(C)(CC)CC(C)(CC)NC(C)(C)CC. The predicted molar refractivity (Wildman–Crippen MR) is 116 cm³/mol. The van der Waals surface area contributed by atoms with E-state index < -0.39 is 0 Å². The van der Waals surface area contributed by atoms with Gasteiger partial charge in [0.1, 0.15) is 0 Å². The molecule has 1 heteroatoms. The lowest BCUT2D eigenvalue weighted by Crippen LogP contribution is -2.56. The maximum Gasteiger partial charge on any atom is 0.0160 e. The summed E-state index contributed by atoms with van der Waals surface area (Å²) in [5.74, 6) is 1.51. The summed E-state index contributed by atoms with van der Waals surface area (Å²) in [5, 5.41) is 4.04. The van der Waals surface area contributed by atoms with Gasteiger partial charge in [0, 0.05) is 11.1 Å². The highest BCUT2D eigenvalue weighted by Gasteiger charge is 2.47. The fourth-order valence-electron chi connectivity index (χ4n) is 5.37. The van der Waals surface area contributed by atoms with E-state index in [1.807, 2.05) is 0 Å². The minimum Gasteiger partial charge on any atom is -0.307 e. The van der Waals surface area contributed by atoms with Gasteiger partial charge in [-0.25, -0.2) is 0 Å². The number of hydrogen-bond acceptors (Lipinski definition) is 1. The molecule has 0 spiro atoms. The number of nitrogens with one attached hydrogen (secondary N) is 1. The Morgan fingerprint density at radius 3 is 1.56 bits per heavy atom. The van der Waals surface area contributed by atoms with E-state index in [1.54, 1.807) is 0 Å². The fourth-order valence-corrected chi connectivity index (χ4v) is 5.37. The fraction of sp³-hybridized carbons (Fsp3) is 1.00. The van der Waals surface area contributed by atoms with Crippen LogP contribution in [-0.4, -0.2) is 11.1 Å². The summed E-state index contributed by atoms with van der Waals surface area (Å²) in [6.45, 7) is 29.1. The Morgan fingerprint density at radius 2 is 1.24 bits per heavy atom. The van der Waals surface area contributed by atoms with E-state index >= 15 is 0 Å². The van der Waals surface area contributed by atoms with Gasteiger partial charge in [-0.2, -0.15) is 0 Å². The van der Waals surface area contributed by atoms with Crippen molar-refractivity contribution in [2.45, 2.75) is 133 Å². The van der Waals surface area contributed by atoms with Gasteiger partial charge < -0.3 is 5.32 Å².